The molecule has 0 saturated carbocycles. The highest BCUT2D eigenvalue weighted by Gasteiger charge is 2.23. The lowest BCUT2D eigenvalue weighted by molar-refractivity contribution is -0.121. The summed E-state index contributed by atoms with van der Waals surface area (Å²) in [6.45, 7) is 1.70. The fourth-order valence-corrected chi connectivity index (χ4v) is 3.94. The van der Waals surface area contributed by atoms with E-state index in [4.69, 9.17) is 4.42 Å². The predicted octanol–water partition coefficient (Wildman–Crippen LogP) is 3.25. The summed E-state index contributed by atoms with van der Waals surface area (Å²) >= 11 is 0. The van der Waals surface area contributed by atoms with Crippen molar-refractivity contribution < 1.29 is 19.4 Å². The number of phenols is 2. The van der Waals surface area contributed by atoms with Gasteiger partial charge in [-0.25, -0.2) is 4.79 Å². The lowest BCUT2D eigenvalue weighted by Crippen LogP contribution is -2.33. The zero-order valence-electron chi connectivity index (χ0n) is 15.5. The van der Waals surface area contributed by atoms with Crippen LogP contribution in [0.2, 0.25) is 0 Å². The van der Waals surface area contributed by atoms with Crippen LogP contribution in [0.3, 0.4) is 0 Å². The number of amides is 1. The van der Waals surface area contributed by atoms with Crippen LogP contribution in [0.15, 0.2) is 45.6 Å². The molecule has 1 aliphatic carbocycles. The summed E-state index contributed by atoms with van der Waals surface area (Å²) in [5, 5.41) is 23.1. The predicted molar refractivity (Wildman–Crippen MR) is 105 cm³/mol. The third kappa shape index (κ3) is 3.11. The Hall–Kier alpha value is -3.28. The molecule has 1 amide bonds. The van der Waals surface area contributed by atoms with E-state index in [0.29, 0.717) is 10.9 Å². The number of carbonyl (C=O) groups excluding carboxylic acids is 1. The standard InChI is InChI=1S/C22H21NO5/c1-12-14-9-10-18(24)20(26)21(14)28-22(27)16(12)11-19(25)23-17-8-4-6-13-5-2-3-7-15(13)17/h2-3,5,7,9-10,17,24,26H,4,6,8,11H2,1H3,(H,23,25)/t17-/m0/s1. The Labute approximate surface area is 161 Å². The average molecular weight is 379 g/mol. The Morgan fingerprint density at radius 2 is 2.00 bits per heavy atom. The first-order valence-corrected chi connectivity index (χ1v) is 9.30. The van der Waals surface area contributed by atoms with E-state index >= 15 is 0 Å². The summed E-state index contributed by atoms with van der Waals surface area (Å²) in [6, 6.07) is 10.9. The fraction of sp³-hybridized carbons (Fsp3) is 0.273. The van der Waals surface area contributed by atoms with Crippen molar-refractivity contribution in [1.82, 2.24) is 5.32 Å². The van der Waals surface area contributed by atoms with Gasteiger partial charge in [-0.3, -0.25) is 4.79 Å². The Balaban J connectivity index is 1.61. The third-order valence-corrected chi connectivity index (χ3v) is 5.45. The van der Waals surface area contributed by atoms with Gasteiger partial charge in [-0.05, 0) is 55.0 Å². The van der Waals surface area contributed by atoms with Crippen LogP contribution in [0.25, 0.3) is 11.0 Å². The molecule has 1 atom stereocenters. The molecule has 144 valence electrons. The van der Waals surface area contributed by atoms with E-state index in [0.717, 1.165) is 24.8 Å². The Morgan fingerprint density at radius 1 is 1.21 bits per heavy atom. The molecule has 0 aliphatic heterocycles. The Bertz CT molecular complexity index is 1130. The highest BCUT2D eigenvalue weighted by atomic mass is 16.4. The van der Waals surface area contributed by atoms with Gasteiger partial charge in [0.25, 0.3) is 0 Å². The van der Waals surface area contributed by atoms with Crippen molar-refractivity contribution in [3.8, 4) is 11.5 Å². The average Bonchev–Trinajstić information content (AvgIpc) is 2.69. The first-order chi connectivity index (χ1) is 13.5. The molecule has 0 radical (unpaired) electrons. The molecule has 3 N–H and O–H groups in total. The van der Waals surface area contributed by atoms with Crippen molar-refractivity contribution in [3.63, 3.8) is 0 Å². The van der Waals surface area contributed by atoms with E-state index in [-0.39, 0.29) is 35.3 Å². The van der Waals surface area contributed by atoms with Crippen LogP contribution >= 0.6 is 0 Å². The zero-order chi connectivity index (χ0) is 19.8. The summed E-state index contributed by atoms with van der Waals surface area (Å²) < 4.78 is 5.19. The number of nitrogens with one attached hydrogen (secondary N) is 1. The highest BCUT2D eigenvalue weighted by Crippen LogP contribution is 2.35. The number of hydrogen-bond donors (Lipinski definition) is 3. The van der Waals surface area contributed by atoms with Crippen LogP contribution in [0.4, 0.5) is 0 Å². The van der Waals surface area contributed by atoms with Gasteiger partial charge in [0.1, 0.15) is 0 Å². The van der Waals surface area contributed by atoms with Gasteiger partial charge < -0.3 is 19.9 Å². The van der Waals surface area contributed by atoms with Crippen LogP contribution in [0.5, 0.6) is 11.5 Å². The largest absolute Gasteiger partial charge is 0.504 e. The van der Waals surface area contributed by atoms with E-state index in [1.54, 1.807) is 13.0 Å². The lowest BCUT2D eigenvalue weighted by Gasteiger charge is -2.26. The molecule has 1 aliphatic rings. The molecule has 0 fully saturated rings. The number of fused-ring (bicyclic) bond motifs is 2. The van der Waals surface area contributed by atoms with E-state index in [2.05, 4.69) is 11.4 Å². The van der Waals surface area contributed by atoms with Gasteiger partial charge in [-0.15, -0.1) is 0 Å². The Morgan fingerprint density at radius 3 is 2.82 bits per heavy atom. The van der Waals surface area contributed by atoms with Gasteiger partial charge >= 0.3 is 5.63 Å². The molecule has 2 aromatic carbocycles. The first kappa shape index (κ1) is 18.1. The molecule has 1 heterocycles. The van der Waals surface area contributed by atoms with Crippen LogP contribution in [-0.2, 0) is 17.6 Å². The maximum Gasteiger partial charge on any atom is 0.340 e. The molecule has 3 aromatic rings. The van der Waals surface area contributed by atoms with Gasteiger partial charge in [0.05, 0.1) is 18.0 Å². The summed E-state index contributed by atoms with van der Waals surface area (Å²) in [4.78, 5) is 25.1. The number of aryl methyl sites for hydroxylation is 2. The second-order valence-corrected chi connectivity index (χ2v) is 7.19. The van der Waals surface area contributed by atoms with Crippen LogP contribution in [0.1, 0.15) is 41.1 Å². The zero-order valence-corrected chi connectivity index (χ0v) is 15.5. The van der Waals surface area contributed by atoms with Gasteiger partial charge in [0.15, 0.2) is 11.3 Å². The van der Waals surface area contributed by atoms with Crippen molar-refractivity contribution in [2.24, 2.45) is 0 Å². The molecule has 0 spiro atoms. The number of phenolic OH excluding ortho intramolecular Hbond substituents is 2. The van der Waals surface area contributed by atoms with Crippen molar-refractivity contribution in [3.05, 3.63) is 69.1 Å². The monoisotopic (exact) mass is 379 g/mol. The van der Waals surface area contributed by atoms with Gasteiger partial charge in [-0.2, -0.15) is 0 Å². The molecule has 6 heteroatoms. The topological polar surface area (TPSA) is 99.8 Å². The summed E-state index contributed by atoms with van der Waals surface area (Å²) in [5.74, 6) is -1.09. The van der Waals surface area contributed by atoms with Crippen molar-refractivity contribution in [1.29, 1.82) is 0 Å². The van der Waals surface area contributed by atoms with Crippen molar-refractivity contribution in [2.75, 3.05) is 0 Å². The molecule has 0 unspecified atom stereocenters. The van der Waals surface area contributed by atoms with Gasteiger partial charge in [0.2, 0.25) is 11.7 Å². The quantitative estimate of drug-likeness (QED) is 0.479. The minimum Gasteiger partial charge on any atom is -0.504 e. The third-order valence-electron chi connectivity index (χ3n) is 5.45. The number of benzene rings is 2. The number of rotatable bonds is 3. The van der Waals surface area contributed by atoms with E-state index in [1.807, 2.05) is 18.2 Å². The molecule has 4 rings (SSSR count). The van der Waals surface area contributed by atoms with Gasteiger partial charge in [0, 0.05) is 5.39 Å². The van der Waals surface area contributed by atoms with E-state index in [9.17, 15) is 19.8 Å². The smallest absolute Gasteiger partial charge is 0.340 e. The van der Waals surface area contributed by atoms with Gasteiger partial charge in [-0.1, -0.05) is 24.3 Å². The fourth-order valence-electron chi connectivity index (χ4n) is 3.94. The molecular formula is C22H21NO5. The van der Waals surface area contributed by atoms with Crippen molar-refractivity contribution in [2.45, 2.75) is 38.6 Å². The SMILES string of the molecule is Cc1c(CC(=O)N[C@H]2CCCc3ccccc32)c(=O)oc2c(O)c(O)ccc12. The summed E-state index contributed by atoms with van der Waals surface area (Å²) in [7, 11) is 0. The normalized spacial score (nSPS) is 16.0. The molecule has 0 saturated heterocycles. The molecule has 28 heavy (non-hydrogen) atoms. The van der Waals surface area contributed by atoms with E-state index in [1.165, 1.54) is 11.6 Å². The maximum atomic E-state index is 12.7. The Kier molecular flexibility index (Phi) is 4.55. The highest BCUT2D eigenvalue weighted by molar-refractivity contribution is 5.89. The summed E-state index contributed by atoms with van der Waals surface area (Å²) in [5.41, 5.74) is 2.42. The van der Waals surface area contributed by atoms with Crippen LogP contribution in [-0.4, -0.2) is 16.1 Å². The molecule has 0 bridgehead atoms. The van der Waals surface area contributed by atoms with E-state index < -0.39 is 11.4 Å². The number of carbonyl (C=O) groups is 1. The summed E-state index contributed by atoms with van der Waals surface area (Å²) in [6.07, 6.45) is 2.76. The van der Waals surface area contributed by atoms with Crippen LogP contribution < -0.4 is 10.9 Å². The van der Waals surface area contributed by atoms with Crippen molar-refractivity contribution >= 4 is 16.9 Å². The minimum absolute atomic E-state index is 0.0637. The number of hydrogen-bond acceptors (Lipinski definition) is 5. The number of aromatic hydroxyl groups is 2. The molecule has 1 aromatic heterocycles. The maximum absolute atomic E-state index is 12.7. The second-order valence-electron chi connectivity index (χ2n) is 7.19. The first-order valence-electron chi connectivity index (χ1n) is 9.30. The molecule has 6 nitrogen and oxygen atoms in total. The molecular weight excluding hydrogens is 358 g/mol. The lowest BCUT2D eigenvalue weighted by atomic mass is 9.87. The van der Waals surface area contributed by atoms with Crippen LogP contribution in [0, 0.1) is 6.92 Å². The minimum atomic E-state index is -0.690. The second kappa shape index (κ2) is 7.03.